The number of aromatic hydroxyl groups is 1. The van der Waals surface area contributed by atoms with Crippen LogP contribution in [0.3, 0.4) is 0 Å². The van der Waals surface area contributed by atoms with Crippen LogP contribution in [0.2, 0.25) is 0 Å². The van der Waals surface area contributed by atoms with Gasteiger partial charge < -0.3 is 25.6 Å². The van der Waals surface area contributed by atoms with Gasteiger partial charge in [0.25, 0.3) is 11.8 Å². The Kier molecular flexibility index (Phi) is 6.95. The number of carbonyl (C=O) groups is 2. The molecule has 0 aliphatic carbocycles. The molecule has 0 unspecified atom stereocenters. The predicted octanol–water partition coefficient (Wildman–Crippen LogP) is 1.06. The molecule has 0 spiro atoms. The first-order valence-corrected chi connectivity index (χ1v) is 10.4. The van der Waals surface area contributed by atoms with Gasteiger partial charge in [0.1, 0.15) is 23.7 Å². The van der Waals surface area contributed by atoms with Crippen molar-refractivity contribution in [3.63, 3.8) is 0 Å². The summed E-state index contributed by atoms with van der Waals surface area (Å²) in [6.07, 6.45) is 1.90. The Balaban J connectivity index is 1.78. The number of primary amides is 1. The molecule has 0 saturated carbocycles. The number of benzene rings is 1. The van der Waals surface area contributed by atoms with Crippen LogP contribution in [0.4, 0.5) is 0 Å². The Labute approximate surface area is 172 Å². The number of ether oxygens (including phenoxy) is 1. The number of rotatable bonds is 7. The molecule has 1 atom stereocenters. The number of thioether (sulfide) groups is 1. The fraction of sp³-hybridized carbons (Fsp3) is 0.350. The van der Waals surface area contributed by atoms with E-state index in [1.807, 2.05) is 0 Å². The molecular formula is C20H23N3O5S. The lowest BCUT2D eigenvalue weighted by Gasteiger charge is -2.35. The smallest absolute Gasteiger partial charge is 0.256 e. The lowest BCUT2D eigenvalue weighted by atomic mass is 10.1. The van der Waals surface area contributed by atoms with Crippen LogP contribution in [0.15, 0.2) is 36.5 Å². The summed E-state index contributed by atoms with van der Waals surface area (Å²) >= 11 is 1.71. The maximum absolute atomic E-state index is 13.2. The minimum Gasteiger partial charge on any atom is -0.507 e. The first-order chi connectivity index (χ1) is 14.0. The minimum absolute atomic E-state index is 0.0775. The monoisotopic (exact) mass is 417 g/mol. The standard InChI is InChI=1S/C20H23N3O5S/c21-19(26)18-16(25)4-1-5-17(18)28-11-13-12-29-10-8-23(13)20(27)14-3-2-7-22-15(14)6-9-24/h1-5,7,13,24-25H,6,8-12H2,(H2,21,26)/t13-/m0/s1. The fourth-order valence-corrected chi connectivity index (χ4v) is 4.27. The van der Waals surface area contributed by atoms with Crippen molar-refractivity contribution < 1.29 is 24.5 Å². The van der Waals surface area contributed by atoms with Crippen molar-refractivity contribution in [2.75, 3.05) is 31.3 Å². The number of aromatic nitrogens is 1. The van der Waals surface area contributed by atoms with Crippen molar-refractivity contribution in [1.82, 2.24) is 9.88 Å². The van der Waals surface area contributed by atoms with Gasteiger partial charge in [-0.2, -0.15) is 11.8 Å². The lowest BCUT2D eigenvalue weighted by molar-refractivity contribution is 0.0644. The summed E-state index contributed by atoms with van der Waals surface area (Å²) in [5, 5.41) is 19.1. The number of hydrogen-bond donors (Lipinski definition) is 3. The molecule has 1 aromatic heterocycles. The number of nitrogens with two attached hydrogens (primary N) is 1. The summed E-state index contributed by atoms with van der Waals surface area (Å²) in [6, 6.07) is 7.66. The highest BCUT2D eigenvalue weighted by atomic mass is 32.2. The zero-order valence-corrected chi connectivity index (χ0v) is 16.6. The van der Waals surface area contributed by atoms with Crippen LogP contribution in [0.5, 0.6) is 11.5 Å². The van der Waals surface area contributed by atoms with Gasteiger partial charge in [0.2, 0.25) is 0 Å². The Morgan fingerprint density at radius 2 is 2.14 bits per heavy atom. The average Bonchev–Trinajstić information content (AvgIpc) is 2.72. The SMILES string of the molecule is NC(=O)c1c(O)cccc1OC[C@H]1CSCCN1C(=O)c1cccnc1CCO. The van der Waals surface area contributed by atoms with E-state index in [4.69, 9.17) is 10.5 Å². The third-order valence-electron chi connectivity index (χ3n) is 4.64. The number of phenols is 1. The van der Waals surface area contributed by atoms with E-state index in [0.29, 0.717) is 30.0 Å². The molecule has 0 radical (unpaired) electrons. The zero-order chi connectivity index (χ0) is 20.8. The molecule has 9 heteroatoms. The van der Waals surface area contributed by atoms with Crippen molar-refractivity contribution in [3.8, 4) is 11.5 Å². The number of amides is 2. The summed E-state index contributed by atoms with van der Waals surface area (Å²) in [7, 11) is 0. The Bertz CT molecular complexity index is 892. The number of hydrogen-bond acceptors (Lipinski definition) is 7. The first-order valence-electron chi connectivity index (χ1n) is 9.21. The Morgan fingerprint density at radius 1 is 1.31 bits per heavy atom. The van der Waals surface area contributed by atoms with Crippen molar-refractivity contribution in [2.24, 2.45) is 5.73 Å². The molecule has 2 heterocycles. The number of pyridine rings is 1. The van der Waals surface area contributed by atoms with Crippen LogP contribution in [-0.2, 0) is 6.42 Å². The van der Waals surface area contributed by atoms with Gasteiger partial charge in [-0.15, -0.1) is 0 Å². The summed E-state index contributed by atoms with van der Waals surface area (Å²) < 4.78 is 5.79. The molecule has 154 valence electrons. The number of carbonyl (C=O) groups excluding carboxylic acids is 2. The van der Waals surface area contributed by atoms with E-state index in [1.54, 1.807) is 47.1 Å². The summed E-state index contributed by atoms with van der Waals surface area (Å²) in [5.74, 6) is 0.463. The highest BCUT2D eigenvalue weighted by Crippen LogP contribution is 2.28. The number of nitrogens with zero attached hydrogens (tertiary/aromatic N) is 2. The van der Waals surface area contributed by atoms with Gasteiger partial charge in [-0.25, -0.2) is 0 Å². The second-order valence-electron chi connectivity index (χ2n) is 6.52. The maximum atomic E-state index is 13.2. The first kappa shape index (κ1) is 20.9. The van der Waals surface area contributed by atoms with Crippen molar-refractivity contribution in [3.05, 3.63) is 53.3 Å². The van der Waals surface area contributed by atoms with Gasteiger partial charge in [-0.05, 0) is 24.3 Å². The quantitative estimate of drug-likeness (QED) is 0.615. The van der Waals surface area contributed by atoms with Crippen LogP contribution in [0.25, 0.3) is 0 Å². The van der Waals surface area contributed by atoms with Crippen molar-refractivity contribution >= 4 is 23.6 Å². The van der Waals surface area contributed by atoms with Gasteiger partial charge in [0, 0.05) is 37.3 Å². The molecule has 1 saturated heterocycles. The van der Waals surface area contributed by atoms with Gasteiger partial charge in [0.15, 0.2) is 0 Å². The molecule has 1 aliphatic heterocycles. The number of aliphatic hydroxyl groups excluding tert-OH is 1. The third kappa shape index (κ3) is 4.80. The van der Waals surface area contributed by atoms with E-state index in [0.717, 1.165) is 5.75 Å². The van der Waals surface area contributed by atoms with Gasteiger partial charge >= 0.3 is 0 Å². The molecule has 2 aromatic rings. The van der Waals surface area contributed by atoms with E-state index < -0.39 is 5.91 Å². The third-order valence-corrected chi connectivity index (χ3v) is 5.73. The van der Waals surface area contributed by atoms with Crippen LogP contribution in [0.1, 0.15) is 26.4 Å². The second kappa shape index (κ2) is 9.62. The molecule has 2 amide bonds. The Hall–Kier alpha value is -2.78. The zero-order valence-electron chi connectivity index (χ0n) is 15.8. The van der Waals surface area contributed by atoms with Crippen LogP contribution in [-0.4, -0.2) is 69.2 Å². The van der Waals surface area contributed by atoms with E-state index in [9.17, 15) is 19.8 Å². The normalized spacial score (nSPS) is 16.4. The molecule has 4 N–H and O–H groups in total. The minimum atomic E-state index is -0.784. The van der Waals surface area contributed by atoms with Crippen molar-refractivity contribution in [1.29, 1.82) is 0 Å². The fourth-order valence-electron chi connectivity index (χ4n) is 3.23. The summed E-state index contributed by atoms with van der Waals surface area (Å²) in [5.41, 5.74) is 6.29. The van der Waals surface area contributed by atoms with Crippen molar-refractivity contribution in [2.45, 2.75) is 12.5 Å². The second-order valence-corrected chi connectivity index (χ2v) is 7.67. The van der Waals surface area contributed by atoms with Gasteiger partial charge in [0.05, 0.1) is 17.3 Å². The molecular weight excluding hydrogens is 394 g/mol. The Morgan fingerprint density at radius 3 is 2.90 bits per heavy atom. The molecule has 3 rings (SSSR count). The topological polar surface area (TPSA) is 126 Å². The largest absolute Gasteiger partial charge is 0.507 e. The van der Waals surface area contributed by atoms with Crippen LogP contribution < -0.4 is 10.5 Å². The van der Waals surface area contributed by atoms with E-state index in [2.05, 4.69) is 4.98 Å². The molecule has 0 bridgehead atoms. The molecule has 8 nitrogen and oxygen atoms in total. The van der Waals surface area contributed by atoms with Crippen LogP contribution >= 0.6 is 11.8 Å². The van der Waals surface area contributed by atoms with Gasteiger partial charge in [-0.3, -0.25) is 14.6 Å². The molecule has 1 aromatic carbocycles. The average molecular weight is 417 g/mol. The lowest BCUT2D eigenvalue weighted by Crippen LogP contribution is -2.49. The van der Waals surface area contributed by atoms with Gasteiger partial charge in [-0.1, -0.05) is 6.07 Å². The van der Waals surface area contributed by atoms with E-state index in [1.165, 1.54) is 6.07 Å². The maximum Gasteiger partial charge on any atom is 0.256 e. The molecule has 1 fully saturated rings. The predicted molar refractivity (Wildman–Crippen MR) is 109 cm³/mol. The van der Waals surface area contributed by atoms with E-state index in [-0.39, 0.29) is 42.2 Å². The highest BCUT2D eigenvalue weighted by Gasteiger charge is 2.30. The molecule has 29 heavy (non-hydrogen) atoms. The summed E-state index contributed by atoms with van der Waals surface area (Å²) in [6.45, 7) is 0.610. The summed E-state index contributed by atoms with van der Waals surface area (Å²) in [4.78, 5) is 30.8. The highest BCUT2D eigenvalue weighted by molar-refractivity contribution is 7.99. The molecule has 1 aliphatic rings. The van der Waals surface area contributed by atoms with Crippen LogP contribution in [0, 0.1) is 0 Å². The van der Waals surface area contributed by atoms with E-state index >= 15 is 0 Å². The number of aliphatic hydroxyl groups is 1.